The first-order valence-corrected chi connectivity index (χ1v) is 7.12. The highest BCUT2D eigenvalue weighted by molar-refractivity contribution is 5.59. The summed E-state index contributed by atoms with van der Waals surface area (Å²) >= 11 is 0. The van der Waals surface area contributed by atoms with Crippen molar-refractivity contribution < 1.29 is 0 Å². The summed E-state index contributed by atoms with van der Waals surface area (Å²) in [5.41, 5.74) is 4.83. The van der Waals surface area contributed by atoms with E-state index >= 15 is 0 Å². The van der Waals surface area contributed by atoms with Crippen LogP contribution in [0.15, 0.2) is 66.9 Å². The summed E-state index contributed by atoms with van der Waals surface area (Å²) in [6.07, 6.45) is 4.68. The molecule has 20 heavy (non-hydrogen) atoms. The fourth-order valence-corrected chi connectivity index (χ4v) is 2.66. The molecule has 0 amide bonds. The van der Waals surface area contributed by atoms with E-state index in [-0.39, 0.29) is 0 Å². The Balaban J connectivity index is 1.75. The Labute approximate surface area is 118 Å². The Morgan fingerprint density at radius 2 is 1.60 bits per heavy atom. The smallest absolute Gasteiger partial charge is 0.0927 e. The first-order valence-electron chi connectivity index (χ1n) is 7.12. The lowest BCUT2D eigenvalue weighted by molar-refractivity contribution is 0.864. The minimum Gasteiger partial charge on any atom is -0.240 e. The number of hydrogen-bond acceptors (Lipinski definition) is 1. The molecule has 0 spiro atoms. The van der Waals surface area contributed by atoms with Gasteiger partial charge in [0.1, 0.15) is 0 Å². The van der Waals surface area contributed by atoms with Gasteiger partial charge in [-0.1, -0.05) is 48.5 Å². The summed E-state index contributed by atoms with van der Waals surface area (Å²) in [5, 5.41) is 4.74. The van der Waals surface area contributed by atoms with Crippen LogP contribution in [-0.2, 0) is 0 Å². The largest absolute Gasteiger partial charge is 0.240 e. The second-order valence-electron chi connectivity index (χ2n) is 5.34. The van der Waals surface area contributed by atoms with E-state index in [1.54, 1.807) is 0 Å². The molecule has 1 aliphatic rings. The molecule has 3 aromatic rings. The van der Waals surface area contributed by atoms with Crippen LogP contribution in [0.3, 0.4) is 0 Å². The molecule has 2 nitrogen and oxygen atoms in total. The molecule has 0 N–H and O–H groups in total. The molecule has 0 atom stereocenters. The molecule has 0 saturated heterocycles. The molecule has 2 heteroatoms. The SMILES string of the molecule is c1ccc(-c2ccn(-c3ccccc3C3CC3)n2)cc1. The van der Waals surface area contributed by atoms with E-state index in [4.69, 9.17) is 5.10 Å². The fourth-order valence-electron chi connectivity index (χ4n) is 2.66. The number of nitrogens with zero attached hydrogens (tertiary/aromatic N) is 2. The first-order chi connectivity index (χ1) is 9.92. The number of aromatic nitrogens is 2. The zero-order valence-electron chi connectivity index (χ0n) is 11.2. The minimum atomic E-state index is 0.732. The summed E-state index contributed by atoms with van der Waals surface area (Å²) in [6, 6.07) is 21.0. The van der Waals surface area contributed by atoms with Gasteiger partial charge in [0, 0.05) is 11.8 Å². The average molecular weight is 260 g/mol. The lowest BCUT2D eigenvalue weighted by Gasteiger charge is -2.08. The number of hydrogen-bond donors (Lipinski definition) is 0. The van der Waals surface area contributed by atoms with Crippen molar-refractivity contribution in [3.8, 4) is 16.9 Å². The quantitative estimate of drug-likeness (QED) is 0.681. The van der Waals surface area contributed by atoms with Crippen molar-refractivity contribution >= 4 is 0 Å². The molecule has 1 aromatic heterocycles. The van der Waals surface area contributed by atoms with Gasteiger partial charge in [-0.15, -0.1) is 0 Å². The molecule has 98 valence electrons. The van der Waals surface area contributed by atoms with Crippen molar-refractivity contribution in [2.75, 3.05) is 0 Å². The van der Waals surface area contributed by atoms with Gasteiger partial charge < -0.3 is 0 Å². The van der Waals surface area contributed by atoms with Gasteiger partial charge >= 0.3 is 0 Å². The normalized spacial score (nSPS) is 14.4. The Bertz CT molecular complexity index is 724. The van der Waals surface area contributed by atoms with E-state index in [1.807, 2.05) is 22.9 Å². The molecule has 4 rings (SSSR count). The molecule has 1 saturated carbocycles. The molecule has 0 unspecified atom stereocenters. The summed E-state index contributed by atoms with van der Waals surface area (Å²) in [5.74, 6) is 0.732. The Morgan fingerprint density at radius 1 is 0.850 bits per heavy atom. The monoisotopic (exact) mass is 260 g/mol. The molecule has 1 aliphatic carbocycles. The van der Waals surface area contributed by atoms with Gasteiger partial charge in [0.15, 0.2) is 0 Å². The number of para-hydroxylation sites is 1. The molecule has 0 radical (unpaired) electrons. The third-order valence-corrected chi connectivity index (χ3v) is 3.86. The van der Waals surface area contributed by atoms with Crippen LogP contribution in [0.2, 0.25) is 0 Å². The Morgan fingerprint density at radius 3 is 2.40 bits per heavy atom. The predicted molar refractivity (Wildman–Crippen MR) is 81.0 cm³/mol. The van der Waals surface area contributed by atoms with Crippen LogP contribution in [0, 0.1) is 0 Å². The van der Waals surface area contributed by atoms with Crippen molar-refractivity contribution in [3.05, 3.63) is 72.4 Å². The van der Waals surface area contributed by atoms with Crippen molar-refractivity contribution in [2.24, 2.45) is 0 Å². The van der Waals surface area contributed by atoms with Gasteiger partial charge in [-0.2, -0.15) is 5.10 Å². The third-order valence-electron chi connectivity index (χ3n) is 3.86. The van der Waals surface area contributed by atoms with Crippen molar-refractivity contribution in [3.63, 3.8) is 0 Å². The zero-order chi connectivity index (χ0) is 13.4. The highest BCUT2D eigenvalue weighted by Gasteiger charge is 2.26. The van der Waals surface area contributed by atoms with E-state index in [0.717, 1.165) is 17.2 Å². The van der Waals surface area contributed by atoms with Crippen LogP contribution in [0.1, 0.15) is 24.3 Å². The van der Waals surface area contributed by atoms with Crippen LogP contribution in [0.5, 0.6) is 0 Å². The van der Waals surface area contributed by atoms with Crippen molar-refractivity contribution in [2.45, 2.75) is 18.8 Å². The second-order valence-corrected chi connectivity index (χ2v) is 5.34. The molecular formula is C18H16N2. The van der Waals surface area contributed by atoms with E-state index in [2.05, 4.69) is 48.7 Å². The molecule has 1 heterocycles. The Kier molecular flexibility index (Phi) is 2.66. The predicted octanol–water partition coefficient (Wildman–Crippen LogP) is 4.42. The van der Waals surface area contributed by atoms with Crippen LogP contribution < -0.4 is 0 Å². The van der Waals surface area contributed by atoms with Crippen LogP contribution >= 0.6 is 0 Å². The van der Waals surface area contributed by atoms with Crippen LogP contribution in [0.4, 0.5) is 0 Å². The first kappa shape index (κ1) is 11.5. The van der Waals surface area contributed by atoms with Gasteiger partial charge in [0.05, 0.1) is 11.4 Å². The van der Waals surface area contributed by atoms with E-state index in [0.29, 0.717) is 0 Å². The van der Waals surface area contributed by atoms with Gasteiger partial charge in [0.2, 0.25) is 0 Å². The van der Waals surface area contributed by atoms with Gasteiger partial charge in [-0.3, -0.25) is 0 Å². The van der Waals surface area contributed by atoms with Crippen LogP contribution in [0.25, 0.3) is 16.9 Å². The van der Waals surface area contributed by atoms with Crippen molar-refractivity contribution in [1.82, 2.24) is 9.78 Å². The highest BCUT2D eigenvalue weighted by atomic mass is 15.3. The summed E-state index contributed by atoms with van der Waals surface area (Å²) in [4.78, 5) is 0. The molecule has 0 bridgehead atoms. The Hall–Kier alpha value is -2.35. The van der Waals surface area contributed by atoms with Crippen LogP contribution in [-0.4, -0.2) is 9.78 Å². The van der Waals surface area contributed by atoms with Gasteiger partial charge in [0.25, 0.3) is 0 Å². The lowest BCUT2D eigenvalue weighted by Crippen LogP contribution is -1.99. The average Bonchev–Trinajstić information content (AvgIpc) is 3.25. The number of benzene rings is 2. The standard InChI is InChI=1S/C18H16N2/c1-2-6-15(7-3-1)17-12-13-20(19-17)18-9-5-4-8-16(18)14-10-11-14/h1-9,12-14H,10-11H2. The summed E-state index contributed by atoms with van der Waals surface area (Å²) in [7, 11) is 0. The maximum Gasteiger partial charge on any atom is 0.0927 e. The van der Waals surface area contributed by atoms with Gasteiger partial charge in [-0.05, 0) is 36.5 Å². The molecule has 2 aromatic carbocycles. The zero-order valence-corrected chi connectivity index (χ0v) is 11.2. The topological polar surface area (TPSA) is 17.8 Å². The third kappa shape index (κ3) is 2.03. The molecule has 0 aliphatic heterocycles. The van der Waals surface area contributed by atoms with Gasteiger partial charge in [-0.25, -0.2) is 4.68 Å². The fraction of sp³-hybridized carbons (Fsp3) is 0.167. The van der Waals surface area contributed by atoms with E-state index in [1.165, 1.54) is 24.1 Å². The van der Waals surface area contributed by atoms with E-state index in [9.17, 15) is 0 Å². The minimum absolute atomic E-state index is 0.732. The van der Waals surface area contributed by atoms with E-state index < -0.39 is 0 Å². The molecule has 1 fully saturated rings. The van der Waals surface area contributed by atoms with Crippen molar-refractivity contribution in [1.29, 1.82) is 0 Å². The number of rotatable bonds is 3. The lowest BCUT2D eigenvalue weighted by atomic mass is 10.1. The molecular weight excluding hydrogens is 244 g/mol. The second kappa shape index (κ2) is 4.64. The maximum atomic E-state index is 4.74. The highest BCUT2D eigenvalue weighted by Crippen LogP contribution is 2.42. The maximum absolute atomic E-state index is 4.74. The summed E-state index contributed by atoms with van der Waals surface area (Å²) < 4.78 is 2.01. The summed E-state index contributed by atoms with van der Waals surface area (Å²) in [6.45, 7) is 0.